The molecule has 3 aromatic rings. The van der Waals surface area contributed by atoms with Crippen LogP contribution < -0.4 is 5.32 Å². The Bertz CT molecular complexity index is 1060. The number of nitrogens with one attached hydrogen (secondary N) is 1. The lowest BCUT2D eigenvalue weighted by molar-refractivity contribution is -0.129. The Morgan fingerprint density at radius 2 is 1.77 bits per heavy atom. The van der Waals surface area contributed by atoms with Crippen LogP contribution in [0.4, 0.5) is 0 Å². The van der Waals surface area contributed by atoms with E-state index in [4.69, 9.17) is 0 Å². The molecule has 4 aliphatic rings. The molecule has 7 heteroatoms. The molecule has 0 atom stereocenters. The average Bonchev–Trinajstić information content (AvgIpc) is 3.28. The molecule has 6 nitrogen and oxygen atoms in total. The van der Waals surface area contributed by atoms with Crippen LogP contribution in [-0.2, 0) is 11.3 Å². The Morgan fingerprint density at radius 3 is 2.40 bits per heavy atom. The van der Waals surface area contributed by atoms with E-state index in [-0.39, 0.29) is 5.91 Å². The summed E-state index contributed by atoms with van der Waals surface area (Å²) >= 11 is 1.53. The lowest BCUT2D eigenvalue weighted by Crippen LogP contribution is -2.47. The van der Waals surface area contributed by atoms with E-state index in [0.717, 1.165) is 51.1 Å². The van der Waals surface area contributed by atoms with E-state index in [1.165, 1.54) is 49.9 Å². The summed E-state index contributed by atoms with van der Waals surface area (Å²) in [6.07, 6.45) is 8.85. The first kappa shape index (κ1) is 18.5. The third kappa shape index (κ3) is 3.23. The Hall–Kier alpha value is -2.28. The van der Waals surface area contributed by atoms with Gasteiger partial charge in [0.1, 0.15) is 5.01 Å². The second kappa shape index (κ2) is 6.87. The van der Waals surface area contributed by atoms with Gasteiger partial charge in [-0.1, -0.05) is 35.6 Å². The zero-order valence-electron chi connectivity index (χ0n) is 17.3. The number of aromatic nitrogens is 4. The average molecular weight is 422 g/mol. The number of amides is 1. The molecule has 1 N–H and O–H groups in total. The molecule has 0 saturated heterocycles. The number of benzene rings is 1. The van der Waals surface area contributed by atoms with Crippen LogP contribution in [0, 0.1) is 30.1 Å². The highest BCUT2D eigenvalue weighted by atomic mass is 32.1. The quantitative estimate of drug-likeness (QED) is 0.663. The van der Waals surface area contributed by atoms with E-state index in [2.05, 4.69) is 44.9 Å². The number of rotatable bonds is 5. The van der Waals surface area contributed by atoms with Crippen LogP contribution in [0.1, 0.15) is 56.3 Å². The van der Waals surface area contributed by atoms with Gasteiger partial charge in [0.05, 0.1) is 0 Å². The molecule has 4 aliphatic carbocycles. The van der Waals surface area contributed by atoms with Gasteiger partial charge >= 0.3 is 0 Å². The first-order chi connectivity index (χ1) is 14.6. The van der Waals surface area contributed by atoms with Crippen molar-refractivity contribution in [2.24, 2.45) is 23.2 Å². The molecule has 1 amide bonds. The van der Waals surface area contributed by atoms with Gasteiger partial charge in [0.2, 0.25) is 10.9 Å². The highest BCUT2D eigenvalue weighted by Gasteiger charge is 2.51. The van der Waals surface area contributed by atoms with Crippen LogP contribution in [-0.4, -0.2) is 25.7 Å². The summed E-state index contributed by atoms with van der Waals surface area (Å²) < 4.78 is 1.78. The van der Waals surface area contributed by atoms with Crippen molar-refractivity contribution >= 4 is 22.2 Å². The van der Waals surface area contributed by atoms with Crippen molar-refractivity contribution in [1.29, 1.82) is 0 Å². The van der Waals surface area contributed by atoms with Crippen molar-refractivity contribution in [3.05, 3.63) is 35.7 Å². The molecule has 2 heterocycles. The van der Waals surface area contributed by atoms with Gasteiger partial charge in [0, 0.05) is 18.5 Å². The molecular formula is C23H27N5OS. The first-order valence-corrected chi connectivity index (χ1v) is 11.9. The summed E-state index contributed by atoms with van der Waals surface area (Å²) in [6, 6.07) is 8.30. The fraction of sp³-hybridized carbons (Fsp3) is 0.565. The van der Waals surface area contributed by atoms with E-state index in [1.54, 1.807) is 4.52 Å². The fourth-order valence-corrected chi connectivity index (χ4v) is 7.60. The van der Waals surface area contributed by atoms with Gasteiger partial charge in [-0.2, -0.15) is 9.61 Å². The molecule has 0 unspecified atom stereocenters. The summed E-state index contributed by atoms with van der Waals surface area (Å²) in [7, 11) is 0. The molecule has 7 rings (SSSR count). The molecule has 0 aliphatic heterocycles. The number of hydrogen-bond donors (Lipinski definition) is 1. The minimum atomic E-state index is 0.227. The van der Waals surface area contributed by atoms with Crippen LogP contribution in [0.5, 0.6) is 0 Å². The third-order valence-corrected chi connectivity index (χ3v) is 8.49. The minimum absolute atomic E-state index is 0.227. The zero-order valence-corrected chi connectivity index (χ0v) is 18.1. The smallest absolute Gasteiger partial charge is 0.234 e. The molecule has 0 radical (unpaired) electrons. The summed E-state index contributed by atoms with van der Waals surface area (Å²) in [4.78, 5) is 13.6. The minimum Gasteiger partial charge on any atom is -0.352 e. The van der Waals surface area contributed by atoms with Gasteiger partial charge in [-0.25, -0.2) is 0 Å². The molecule has 30 heavy (non-hydrogen) atoms. The Balaban J connectivity index is 1.08. The van der Waals surface area contributed by atoms with Crippen molar-refractivity contribution in [3.8, 4) is 10.6 Å². The van der Waals surface area contributed by atoms with Gasteiger partial charge in [0.25, 0.3) is 0 Å². The Kier molecular flexibility index (Phi) is 4.23. The first-order valence-electron chi connectivity index (χ1n) is 11.1. The van der Waals surface area contributed by atoms with E-state index in [9.17, 15) is 4.79 Å². The van der Waals surface area contributed by atoms with Gasteiger partial charge in [0.15, 0.2) is 5.82 Å². The highest BCUT2D eigenvalue weighted by Crippen LogP contribution is 2.61. The number of hydrogen-bond acceptors (Lipinski definition) is 5. The molecular weight excluding hydrogens is 394 g/mol. The second-order valence-corrected chi connectivity index (χ2v) is 10.9. The van der Waals surface area contributed by atoms with E-state index >= 15 is 0 Å². The van der Waals surface area contributed by atoms with Crippen LogP contribution in [0.25, 0.3) is 15.5 Å². The fourth-order valence-electron chi connectivity index (χ4n) is 6.71. The SMILES string of the molecule is Cc1nnc2sc(-c3ccc(CNC(=O)CC45CC6CC(CC(C6)C4)C5)cc3)nn12. The van der Waals surface area contributed by atoms with Crippen LogP contribution in [0.3, 0.4) is 0 Å². The highest BCUT2D eigenvalue weighted by molar-refractivity contribution is 7.19. The third-order valence-electron chi connectivity index (χ3n) is 7.54. The van der Waals surface area contributed by atoms with Crippen molar-refractivity contribution in [3.63, 3.8) is 0 Å². The zero-order chi connectivity index (χ0) is 20.3. The lowest BCUT2D eigenvalue weighted by Gasteiger charge is -2.56. The number of aryl methyl sites for hydroxylation is 1. The lowest BCUT2D eigenvalue weighted by atomic mass is 9.49. The summed E-state index contributed by atoms with van der Waals surface area (Å²) in [5.41, 5.74) is 2.49. The molecule has 1 aromatic carbocycles. The molecule has 0 spiro atoms. The Morgan fingerprint density at radius 1 is 1.10 bits per heavy atom. The molecule has 156 valence electrons. The van der Waals surface area contributed by atoms with E-state index in [0.29, 0.717) is 12.0 Å². The maximum absolute atomic E-state index is 12.8. The van der Waals surface area contributed by atoms with Gasteiger partial charge in [-0.15, -0.1) is 10.2 Å². The van der Waals surface area contributed by atoms with E-state index < -0.39 is 0 Å². The second-order valence-electron chi connectivity index (χ2n) is 9.92. The van der Waals surface area contributed by atoms with Crippen LogP contribution in [0.15, 0.2) is 24.3 Å². The molecule has 4 fully saturated rings. The number of nitrogens with zero attached hydrogens (tertiary/aromatic N) is 4. The molecule has 4 saturated carbocycles. The predicted octanol–water partition coefficient (Wildman–Crippen LogP) is 4.38. The van der Waals surface area contributed by atoms with E-state index in [1.807, 2.05) is 6.92 Å². The largest absolute Gasteiger partial charge is 0.352 e. The predicted molar refractivity (Wildman–Crippen MR) is 116 cm³/mol. The summed E-state index contributed by atoms with van der Waals surface area (Å²) in [5, 5.41) is 16.9. The standard InChI is InChI=1S/C23H27N5OS/c1-14-25-26-22-28(14)27-21(30-22)19-4-2-15(3-5-19)13-24-20(29)12-23-9-16-6-17(10-23)8-18(7-16)11-23/h2-5,16-18H,6-13H2,1H3,(H,24,29). The topological polar surface area (TPSA) is 72.2 Å². The van der Waals surface area contributed by atoms with Gasteiger partial charge in [-0.3, -0.25) is 4.79 Å². The molecule has 4 bridgehead atoms. The summed E-state index contributed by atoms with van der Waals surface area (Å²) in [6.45, 7) is 2.49. The number of fused-ring (bicyclic) bond motifs is 1. The van der Waals surface area contributed by atoms with Crippen LogP contribution in [0.2, 0.25) is 0 Å². The van der Waals surface area contributed by atoms with Crippen LogP contribution >= 0.6 is 11.3 Å². The Labute approximate surface area is 180 Å². The van der Waals surface area contributed by atoms with Gasteiger partial charge < -0.3 is 5.32 Å². The maximum Gasteiger partial charge on any atom is 0.234 e. The summed E-state index contributed by atoms with van der Waals surface area (Å²) in [5.74, 6) is 3.70. The van der Waals surface area contributed by atoms with Crippen molar-refractivity contribution < 1.29 is 4.79 Å². The van der Waals surface area contributed by atoms with Crippen molar-refractivity contribution in [2.45, 2.75) is 58.4 Å². The number of carbonyl (C=O) groups excluding carboxylic acids is 1. The monoisotopic (exact) mass is 421 g/mol. The van der Waals surface area contributed by atoms with Gasteiger partial charge in [-0.05, 0) is 74.2 Å². The van der Waals surface area contributed by atoms with Crippen molar-refractivity contribution in [2.75, 3.05) is 0 Å². The van der Waals surface area contributed by atoms with Crippen molar-refractivity contribution in [1.82, 2.24) is 25.1 Å². The number of carbonyl (C=O) groups is 1. The maximum atomic E-state index is 12.8. The molecule has 2 aromatic heterocycles. The normalized spacial score (nSPS) is 29.6.